The van der Waals surface area contributed by atoms with E-state index in [1.165, 1.54) is 13.8 Å². The minimum absolute atomic E-state index is 0.235. The Hall–Kier alpha value is -3.08. The van der Waals surface area contributed by atoms with Gasteiger partial charge in [0.25, 0.3) is 5.69 Å². The van der Waals surface area contributed by atoms with E-state index in [4.69, 9.17) is 0 Å². The van der Waals surface area contributed by atoms with Crippen LogP contribution in [0.5, 0.6) is 0 Å². The van der Waals surface area contributed by atoms with Gasteiger partial charge < -0.3 is 10.6 Å². The van der Waals surface area contributed by atoms with Crippen molar-refractivity contribution in [1.82, 2.24) is 0 Å². The molecular formula is C18H16F3N3O4S. The molecule has 2 rings (SSSR count). The van der Waals surface area contributed by atoms with Gasteiger partial charge in [0.15, 0.2) is 0 Å². The van der Waals surface area contributed by atoms with Crippen LogP contribution in [0, 0.1) is 10.1 Å². The molecule has 7 nitrogen and oxygen atoms in total. The van der Waals surface area contributed by atoms with Gasteiger partial charge in [-0.05, 0) is 37.3 Å². The largest absolute Gasteiger partial charge is 0.418 e. The number of hydrogen-bond acceptors (Lipinski definition) is 5. The summed E-state index contributed by atoms with van der Waals surface area (Å²) in [6.45, 7) is 2.88. The van der Waals surface area contributed by atoms with Crippen LogP contribution in [0.25, 0.3) is 0 Å². The molecule has 154 valence electrons. The second kappa shape index (κ2) is 8.95. The number of halogens is 3. The van der Waals surface area contributed by atoms with Gasteiger partial charge in [0.1, 0.15) is 0 Å². The maximum Gasteiger partial charge on any atom is 0.418 e. The van der Waals surface area contributed by atoms with Gasteiger partial charge in [-0.1, -0.05) is 0 Å². The van der Waals surface area contributed by atoms with Crippen molar-refractivity contribution in [3.63, 3.8) is 0 Å². The number of carbonyl (C=O) groups excluding carboxylic acids is 2. The van der Waals surface area contributed by atoms with Crippen LogP contribution in [-0.4, -0.2) is 22.0 Å². The zero-order valence-corrected chi connectivity index (χ0v) is 16.1. The average molecular weight is 427 g/mol. The summed E-state index contributed by atoms with van der Waals surface area (Å²) in [6, 6.07) is 8.72. The number of nitro groups is 1. The molecule has 0 aliphatic carbocycles. The molecular weight excluding hydrogens is 411 g/mol. The fourth-order valence-electron chi connectivity index (χ4n) is 2.30. The zero-order valence-electron chi connectivity index (χ0n) is 15.2. The second-order valence-corrected chi connectivity index (χ2v) is 7.35. The molecule has 0 spiro atoms. The van der Waals surface area contributed by atoms with Crippen LogP contribution in [0.3, 0.4) is 0 Å². The second-order valence-electron chi connectivity index (χ2n) is 5.94. The molecule has 0 radical (unpaired) electrons. The highest BCUT2D eigenvalue weighted by molar-refractivity contribution is 8.00. The zero-order chi connectivity index (χ0) is 21.8. The van der Waals surface area contributed by atoms with Crippen molar-refractivity contribution in [1.29, 1.82) is 0 Å². The first-order valence-electron chi connectivity index (χ1n) is 8.18. The Balaban J connectivity index is 2.13. The van der Waals surface area contributed by atoms with Crippen molar-refractivity contribution < 1.29 is 27.7 Å². The summed E-state index contributed by atoms with van der Waals surface area (Å²) in [6.07, 6.45) is -4.87. The van der Waals surface area contributed by atoms with Gasteiger partial charge in [0.05, 0.1) is 21.4 Å². The van der Waals surface area contributed by atoms with E-state index in [1.54, 1.807) is 24.3 Å². The van der Waals surface area contributed by atoms with Gasteiger partial charge in [-0.3, -0.25) is 19.7 Å². The van der Waals surface area contributed by atoms with Gasteiger partial charge in [0, 0.05) is 29.6 Å². The van der Waals surface area contributed by atoms with Crippen LogP contribution >= 0.6 is 11.8 Å². The molecule has 2 aromatic carbocycles. The van der Waals surface area contributed by atoms with E-state index in [9.17, 15) is 32.9 Å². The maximum absolute atomic E-state index is 13.2. The number of non-ortho nitro benzene ring substituents is 1. The van der Waals surface area contributed by atoms with Crippen molar-refractivity contribution in [3.8, 4) is 0 Å². The van der Waals surface area contributed by atoms with Crippen molar-refractivity contribution >= 4 is 40.6 Å². The molecule has 0 saturated carbocycles. The number of hydrogen-bond donors (Lipinski definition) is 2. The monoisotopic (exact) mass is 427 g/mol. The van der Waals surface area contributed by atoms with Gasteiger partial charge >= 0.3 is 6.18 Å². The van der Waals surface area contributed by atoms with Crippen LogP contribution in [0.4, 0.5) is 30.2 Å². The van der Waals surface area contributed by atoms with Crippen molar-refractivity contribution in [2.75, 3.05) is 10.6 Å². The van der Waals surface area contributed by atoms with Crippen LogP contribution in [-0.2, 0) is 15.8 Å². The molecule has 0 aliphatic rings. The number of nitro benzene ring substituents is 1. The summed E-state index contributed by atoms with van der Waals surface area (Å²) in [5, 5.41) is 14.8. The third-order valence-corrected chi connectivity index (χ3v) is 4.75. The maximum atomic E-state index is 13.2. The Morgan fingerprint density at radius 2 is 1.72 bits per heavy atom. The van der Waals surface area contributed by atoms with E-state index < -0.39 is 39.2 Å². The third kappa shape index (κ3) is 6.21. The van der Waals surface area contributed by atoms with E-state index >= 15 is 0 Å². The molecule has 2 amide bonds. The summed E-state index contributed by atoms with van der Waals surface area (Å²) >= 11 is 1.11. The Kier molecular flexibility index (Phi) is 6.85. The number of rotatable bonds is 6. The fraction of sp³-hybridized carbons (Fsp3) is 0.222. The van der Waals surface area contributed by atoms with Crippen LogP contribution < -0.4 is 10.6 Å². The number of anilines is 2. The molecule has 0 bridgehead atoms. The lowest BCUT2D eigenvalue weighted by molar-refractivity contribution is -0.385. The van der Waals surface area contributed by atoms with Gasteiger partial charge in [-0.2, -0.15) is 13.2 Å². The van der Waals surface area contributed by atoms with Crippen molar-refractivity contribution in [2.24, 2.45) is 0 Å². The minimum atomic E-state index is -4.87. The van der Waals surface area contributed by atoms with Crippen LogP contribution in [0.1, 0.15) is 19.4 Å². The van der Waals surface area contributed by atoms with E-state index in [0.717, 1.165) is 23.9 Å². The molecule has 0 aromatic heterocycles. The van der Waals surface area contributed by atoms with E-state index in [0.29, 0.717) is 16.6 Å². The van der Waals surface area contributed by atoms with Crippen LogP contribution in [0.15, 0.2) is 47.4 Å². The third-order valence-electron chi connectivity index (χ3n) is 3.63. The highest BCUT2D eigenvalue weighted by Crippen LogP contribution is 2.37. The molecule has 0 aliphatic heterocycles. The Morgan fingerprint density at radius 3 is 2.24 bits per heavy atom. The number of carbonyl (C=O) groups is 2. The molecule has 0 saturated heterocycles. The van der Waals surface area contributed by atoms with Gasteiger partial charge in [-0.15, -0.1) is 11.8 Å². The lowest BCUT2D eigenvalue weighted by atomic mass is 10.1. The standard InChI is InChI=1S/C18H16F3N3O4S/c1-10(29-14-6-3-12(4-7-14)22-11(2)25)17(26)23-16-8-5-13(24(27)28)9-15(16)18(19,20)21/h3-10H,1-2H3,(H,22,25)(H,23,26)/t10-/m1/s1. The number of alkyl halides is 3. The number of amides is 2. The summed E-state index contributed by atoms with van der Waals surface area (Å²) in [4.78, 5) is 33.8. The highest BCUT2D eigenvalue weighted by Gasteiger charge is 2.36. The summed E-state index contributed by atoms with van der Waals surface area (Å²) < 4.78 is 39.6. The molecule has 0 unspecified atom stereocenters. The molecule has 2 N–H and O–H groups in total. The first-order chi connectivity index (χ1) is 13.5. The average Bonchev–Trinajstić information content (AvgIpc) is 2.62. The van der Waals surface area contributed by atoms with Crippen molar-refractivity contribution in [2.45, 2.75) is 30.2 Å². The molecule has 0 heterocycles. The Labute approximate surface area is 167 Å². The van der Waals surface area contributed by atoms with Gasteiger partial charge in [-0.25, -0.2) is 0 Å². The molecule has 0 fully saturated rings. The van der Waals surface area contributed by atoms with Gasteiger partial charge in [0.2, 0.25) is 11.8 Å². The minimum Gasteiger partial charge on any atom is -0.326 e. The molecule has 1 atom stereocenters. The number of nitrogens with one attached hydrogen (secondary N) is 2. The SMILES string of the molecule is CC(=O)Nc1ccc(S[C@H](C)C(=O)Nc2ccc([N+](=O)[O-])cc2C(F)(F)F)cc1. The Morgan fingerprint density at radius 1 is 1.10 bits per heavy atom. The predicted molar refractivity (Wildman–Crippen MR) is 103 cm³/mol. The summed E-state index contributed by atoms with van der Waals surface area (Å²) in [7, 11) is 0. The molecule has 29 heavy (non-hydrogen) atoms. The normalized spacial score (nSPS) is 12.2. The first-order valence-corrected chi connectivity index (χ1v) is 9.06. The van der Waals surface area contributed by atoms with Crippen molar-refractivity contribution in [3.05, 3.63) is 58.1 Å². The number of thioether (sulfide) groups is 1. The topological polar surface area (TPSA) is 101 Å². The smallest absolute Gasteiger partial charge is 0.326 e. The number of nitrogens with zero attached hydrogens (tertiary/aromatic N) is 1. The van der Waals surface area contributed by atoms with E-state index in [1.807, 2.05) is 0 Å². The van der Waals surface area contributed by atoms with E-state index in [2.05, 4.69) is 10.6 Å². The highest BCUT2D eigenvalue weighted by atomic mass is 32.2. The fourth-order valence-corrected chi connectivity index (χ4v) is 3.17. The molecule has 2 aromatic rings. The first kappa shape index (κ1) is 22.2. The summed E-state index contributed by atoms with van der Waals surface area (Å²) in [5.74, 6) is -0.929. The predicted octanol–water partition coefficient (Wildman–Crippen LogP) is 4.69. The van der Waals surface area contributed by atoms with Crippen LogP contribution in [0.2, 0.25) is 0 Å². The number of benzene rings is 2. The lowest BCUT2D eigenvalue weighted by Crippen LogP contribution is -2.24. The van der Waals surface area contributed by atoms with E-state index in [-0.39, 0.29) is 5.91 Å². The Bertz CT molecular complexity index is 933. The summed E-state index contributed by atoms with van der Waals surface area (Å²) in [5.41, 5.74) is -2.00. The molecule has 11 heteroatoms. The lowest BCUT2D eigenvalue weighted by Gasteiger charge is -2.16. The quantitative estimate of drug-likeness (QED) is 0.396.